The van der Waals surface area contributed by atoms with Crippen molar-refractivity contribution in [3.8, 4) is 0 Å². The van der Waals surface area contributed by atoms with Crippen molar-refractivity contribution in [1.29, 1.82) is 0 Å². The number of benzene rings is 1. The van der Waals surface area contributed by atoms with Crippen LogP contribution in [0, 0.1) is 11.6 Å². The Balaban J connectivity index is 2.14. The summed E-state index contributed by atoms with van der Waals surface area (Å²) in [5.74, 6) is -1.93. The summed E-state index contributed by atoms with van der Waals surface area (Å²) in [7, 11) is -2.08. The van der Waals surface area contributed by atoms with Gasteiger partial charge >= 0.3 is 0 Å². The Bertz CT molecular complexity index is 594. The van der Waals surface area contributed by atoms with Crippen molar-refractivity contribution < 1.29 is 17.2 Å². The van der Waals surface area contributed by atoms with Crippen LogP contribution in [-0.4, -0.2) is 37.6 Å². The van der Waals surface area contributed by atoms with Crippen LogP contribution in [0.15, 0.2) is 18.2 Å². The van der Waals surface area contributed by atoms with Gasteiger partial charge in [-0.15, -0.1) is 0 Å². The largest absolute Gasteiger partial charge is 0.256 e. The third-order valence-corrected chi connectivity index (χ3v) is 5.73. The number of nitrogens with zero attached hydrogens (tertiary/aromatic N) is 1. The molecule has 1 fully saturated rings. The summed E-state index contributed by atoms with van der Waals surface area (Å²) < 4.78 is 51.9. The first-order valence-corrected chi connectivity index (χ1v) is 7.70. The van der Waals surface area contributed by atoms with Gasteiger partial charge < -0.3 is 0 Å². The van der Waals surface area contributed by atoms with Crippen molar-refractivity contribution in [2.24, 2.45) is 0 Å². The third kappa shape index (κ3) is 2.98. The van der Waals surface area contributed by atoms with E-state index in [0.717, 1.165) is 16.4 Å². The van der Waals surface area contributed by atoms with Gasteiger partial charge in [0.25, 0.3) is 0 Å². The van der Waals surface area contributed by atoms with Crippen molar-refractivity contribution in [3.05, 3.63) is 35.4 Å². The van der Waals surface area contributed by atoms with Crippen LogP contribution < -0.4 is 10.9 Å². The molecule has 8 heteroatoms. The molecule has 1 aliphatic rings. The lowest BCUT2D eigenvalue weighted by Crippen LogP contribution is -2.42. The van der Waals surface area contributed by atoms with Crippen LogP contribution >= 0.6 is 0 Å². The minimum atomic E-state index is -3.52. The van der Waals surface area contributed by atoms with E-state index < -0.39 is 26.9 Å². The van der Waals surface area contributed by atoms with E-state index in [9.17, 15) is 17.2 Å². The first-order valence-electron chi connectivity index (χ1n) is 6.20. The van der Waals surface area contributed by atoms with Crippen LogP contribution in [0.5, 0.6) is 0 Å². The molecule has 2 N–H and O–H groups in total. The molecule has 0 amide bonds. The molecule has 0 saturated carbocycles. The maximum atomic E-state index is 13.1. The molecule has 1 saturated heterocycles. The molecule has 20 heavy (non-hydrogen) atoms. The Morgan fingerprint density at radius 3 is 2.60 bits per heavy atom. The lowest BCUT2D eigenvalue weighted by molar-refractivity contribution is 0.448. The first kappa shape index (κ1) is 15.3. The minimum Gasteiger partial charge on any atom is -0.256 e. The molecule has 0 aliphatic carbocycles. The predicted molar refractivity (Wildman–Crippen MR) is 71.1 cm³/mol. The molecule has 1 heterocycles. The normalized spacial score (nSPS) is 23.4. The van der Waals surface area contributed by atoms with Gasteiger partial charge in [0.1, 0.15) is 5.25 Å². The highest BCUT2D eigenvalue weighted by Crippen LogP contribution is 2.17. The van der Waals surface area contributed by atoms with Gasteiger partial charge in [-0.05, 0) is 24.6 Å². The summed E-state index contributed by atoms with van der Waals surface area (Å²) >= 11 is 0. The van der Waals surface area contributed by atoms with Crippen LogP contribution in [0.2, 0.25) is 0 Å². The fourth-order valence-corrected chi connectivity index (χ4v) is 3.84. The average Bonchev–Trinajstić information content (AvgIpc) is 2.80. The van der Waals surface area contributed by atoms with Crippen LogP contribution in [-0.2, 0) is 16.6 Å². The monoisotopic (exact) mass is 305 g/mol. The van der Waals surface area contributed by atoms with E-state index in [2.05, 4.69) is 10.9 Å². The molecule has 1 aromatic carbocycles. The second-order valence-electron chi connectivity index (χ2n) is 4.90. The minimum absolute atomic E-state index is 0.00273. The first-order chi connectivity index (χ1) is 9.32. The van der Waals surface area contributed by atoms with Gasteiger partial charge in [0.2, 0.25) is 10.0 Å². The Kier molecular flexibility index (Phi) is 4.38. The predicted octanol–water partition coefficient (Wildman–Crippen LogP) is 0.591. The van der Waals surface area contributed by atoms with Gasteiger partial charge in [-0.2, -0.15) is 0 Å². The van der Waals surface area contributed by atoms with Gasteiger partial charge in [-0.1, -0.05) is 6.07 Å². The third-order valence-electron chi connectivity index (χ3n) is 3.40. The number of rotatable bonds is 4. The highest BCUT2D eigenvalue weighted by atomic mass is 32.2. The molecule has 2 atom stereocenters. The maximum Gasteiger partial charge on any atom is 0.219 e. The highest BCUT2D eigenvalue weighted by Gasteiger charge is 2.37. The van der Waals surface area contributed by atoms with Gasteiger partial charge in [-0.25, -0.2) is 21.5 Å². The number of hydrogen-bond donors (Lipinski definition) is 2. The van der Waals surface area contributed by atoms with E-state index in [4.69, 9.17) is 0 Å². The number of hydrogen-bond acceptors (Lipinski definition) is 4. The van der Waals surface area contributed by atoms with Crippen LogP contribution in [0.3, 0.4) is 0 Å². The van der Waals surface area contributed by atoms with E-state index in [1.165, 1.54) is 13.1 Å². The summed E-state index contributed by atoms with van der Waals surface area (Å²) in [6.07, 6.45) is 0. The van der Waals surface area contributed by atoms with E-state index in [1.807, 2.05) is 0 Å². The van der Waals surface area contributed by atoms with Crippen molar-refractivity contribution in [1.82, 2.24) is 15.2 Å². The van der Waals surface area contributed by atoms with E-state index in [-0.39, 0.29) is 12.6 Å². The fourth-order valence-electron chi connectivity index (χ4n) is 2.17. The lowest BCUT2D eigenvalue weighted by atomic mass is 10.2. The molecule has 5 nitrogen and oxygen atoms in total. The second kappa shape index (κ2) is 5.72. The van der Waals surface area contributed by atoms with E-state index >= 15 is 0 Å². The lowest BCUT2D eigenvalue weighted by Gasteiger charge is -2.23. The van der Waals surface area contributed by atoms with Crippen LogP contribution in [0.1, 0.15) is 12.5 Å². The fraction of sp³-hybridized carbons (Fsp3) is 0.500. The topological polar surface area (TPSA) is 61.4 Å². The Morgan fingerprint density at radius 1 is 1.35 bits per heavy atom. The zero-order valence-electron chi connectivity index (χ0n) is 11.2. The summed E-state index contributed by atoms with van der Waals surface area (Å²) in [4.78, 5) is 0. The molecule has 2 rings (SSSR count). The van der Waals surface area contributed by atoms with Crippen molar-refractivity contribution in [2.75, 3.05) is 13.6 Å². The molecule has 1 aliphatic heterocycles. The zero-order valence-corrected chi connectivity index (χ0v) is 12.0. The number of halogens is 2. The zero-order chi connectivity index (χ0) is 14.9. The SMILES string of the molecule is CC1NNCC1S(=O)(=O)N(C)Cc1ccc(F)c(F)c1. The highest BCUT2D eigenvalue weighted by molar-refractivity contribution is 7.89. The van der Waals surface area contributed by atoms with Crippen molar-refractivity contribution >= 4 is 10.0 Å². The molecule has 0 spiro atoms. The summed E-state index contributed by atoms with van der Waals surface area (Å²) in [5.41, 5.74) is 6.05. The Labute approximate surface area is 117 Å². The molecule has 0 radical (unpaired) electrons. The summed E-state index contributed by atoms with van der Waals surface area (Å²) in [6, 6.07) is 3.16. The van der Waals surface area contributed by atoms with E-state index in [0.29, 0.717) is 12.1 Å². The van der Waals surface area contributed by atoms with Crippen LogP contribution in [0.4, 0.5) is 8.78 Å². The summed E-state index contributed by atoms with van der Waals surface area (Å²) in [6.45, 7) is 2.09. The van der Waals surface area contributed by atoms with Crippen molar-refractivity contribution in [3.63, 3.8) is 0 Å². The Hall–Kier alpha value is -1.09. The van der Waals surface area contributed by atoms with Gasteiger partial charge in [-0.3, -0.25) is 10.9 Å². The van der Waals surface area contributed by atoms with Gasteiger partial charge in [0.15, 0.2) is 11.6 Å². The number of hydrazine groups is 1. The average molecular weight is 305 g/mol. The molecule has 0 bridgehead atoms. The molecule has 1 aromatic rings. The molecule has 2 unspecified atom stereocenters. The van der Waals surface area contributed by atoms with Gasteiger partial charge in [0.05, 0.1) is 0 Å². The van der Waals surface area contributed by atoms with Crippen LogP contribution in [0.25, 0.3) is 0 Å². The number of sulfonamides is 1. The molecule has 0 aromatic heterocycles. The van der Waals surface area contributed by atoms with Gasteiger partial charge in [0, 0.05) is 26.2 Å². The number of nitrogens with one attached hydrogen (secondary N) is 2. The maximum absolute atomic E-state index is 13.1. The quantitative estimate of drug-likeness (QED) is 0.855. The van der Waals surface area contributed by atoms with E-state index in [1.54, 1.807) is 6.92 Å². The summed E-state index contributed by atoms with van der Waals surface area (Å²) in [5, 5.41) is -0.585. The molecular formula is C12H17F2N3O2S. The molecule has 112 valence electrons. The Morgan fingerprint density at radius 2 is 2.05 bits per heavy atom. The standard InChI is InChI=1S/C12H17F2N3O2S/c1-8-12(6-15-16-8)20(18,19)17(2)7-9-3-4-10(13)11(14)5-9/h3-5,8,12,15-16H,6-7H2,1-2H3. The molecular weight excluding hydrogens is 288 g/mol. The second-order valence-corrected chi connectivity index (χ2v) is 7.16. The smallest absolute Gasteiger partial charge is 0.219 e. The van der Waals surface area contributed by atoms with Crippen molar-refractivity contribution in [2.45, 2.75) is 24.8 Å².